The fourth-order valence-electron chi connectivity index (χ4n) is 3.96. The normalized spacial score (nSPS) is 27.0. The lowest BCUT2D eigenvalue weighted by molar-refractivity contribution is -0.150. The van der Waals surface area contributed by atoms with Gasteiger partial charge < -0.3 is 24.8 Å². The van der Waals surface area contributed by atoms with E-state index in [9.17, 15) is 14.7 Å². The van der Waals surface area contributed by atoms with Gasteiger partial charge in [-0.15, -0.1) is 0 Å². The van der Waals surface area contributed by atoms with Crippen LogP contribution in [0.2, 0.25) is 10.0 Å². The van der Waals surface area contributed by atoms with Gasteiger partial charge in [0.1, 0.15) is 6.10 Å². The third kappa shape index (κ3) is 6.08. The zero-order chi connectivity index (χ0) is 21.7. The van der Waals surface area contributed by atoms with E-state index in [1.807, 2.05) is 6.92 Å². The van der Waals surface area contributed by atoms with Gasteiger partial charge >= 0.3 is 0 Å². The molecule has 0 aromatic heterocycles. The third-order valence-electron chi connectivity index (χ3n) is 5.34. The van der Waals surface area contributed by atoms with E-state index < -0.39 is 6.10 Å². The molecule has 2 saturated heterocycles. The Morgan fingerprint density at radius 2 is 1.93 bits per heavy atom. The average molecular weight is 459 g/mol. The highest BCUT2D eigenvalue weighted by Crippen LogP contribution is 2.29. The van der Waals surface area contributed by atoms with Crippen molar-refractivity contribution in [1.29, 1.82) is 0 Å². The predicted molar refractivity (Wildman–Crippen MR) is 114 cm³/mol. The number of halogens is 2. The largest absolute Gasteiger partial charge is 0.389 e. The number of hydrogen-bond donors (Lipinski definition) is 2. The zero-order valence-corrected chi connectivity index (χ0v) is 18.5. The van der Waals surface area contributed by atoms with Gasteiger partial charge in [0, 0.05) is 28.7 Å². The highest BCUT2D eigenvalue weighted by Gasteiger charge is 2.40. The first-order valence-electron chi connectivity index (χ1n) is 10.3. The monoisotopic (exact) mass is 458 g/mol. The number of rotatable bonds is 5. The summed E-state index contributed by atoms with van der Waals surface area (Å²) >= 11 is 12.1. The molecule has 2 aliphatic rings. The van der Waals surface area contributed by atoms with Crippen molar-refractivity contribution in [1.82, 2.24) is 10.2 Å². The summed E-state index contributed by atoms with van der Waals surface area (Å²) in [5.74, 6) is -0.304. The van der Waals surface area contributed by atoms with Gasteiger partial charge in [-0.25, -0.2) is 0 Å². The molecule has 0 radical (unpaired) electrons. The summed E-state index contributed by atoms with van der Waals surface area (Å²) in [5.41, 5.74) is 0.362. The molecule has 0 saturated carbocycles. The van der Waals surface area contributed by atoms with Crippen molar-refractivity contribution in [2.45, 2.75) is 57.0 Å². The molecule has 9 heteroatoms. The Balaban J connectivity index is 1.75. The van der Waals surface area contributed by atoms with Crippen LogP contribution < -0.4 is 5.32 Å². The van der Waals surface area contributed by atoms with E-state index in [-0.39, 0.29) is 56.2 Å². The molecule has 2 aliphatic heterocycles. The lowest BCUT2D eigenvalue weighted by atomic mass is 9.94. The van der Waals surface area contributed by atoms with E-state index in [4.69, 9.17) is 32.7 Å². The van der Waals surface area contributed by atoms with E-state index in [1.54, 1.807) is 23.1 Å². The summed E-state index contributed by atoms with van der Waals surface area (Å²) in [6, 6.07) is 4.42. The molecule has 2 amide bonds. The molecule has 4 atom stereocenters. The molecule has 2 heterocycles. The molecule has 166 valence electrons. The average Bonchev–Trinajstić information content (AvgIpc) is 2.68. The first kappa shape index (κ1) is 23.3. The number of nitrogens with one attached hydrogen (secondary N) is 1. The minimum absolute atomic E-state index is 0.0380. The fourth-order valence-corrected chi connectivity index (χ4v) is 4.49. The number of benzene rings is 1. The molecule has 3 rings (SSSR count). The molecule has 7 nitrogen and oxygen atoms in total. The van der Waals surface area contributed by atoms with Crippen molar-refractivity contribution in [3.8, 4) is 0 Å². The molecule has 0 aliphatic carbocycles. The number of amides is 2. The van der Waals surface area contributed by atoms with Crippen LogP contribution in [0.4, 0.5) is 0 Å². The molecular formula is C21H28Cl2N2O5. The zero-order valence-electron chi connectivity index (χ0n) is 17.0. The molecule has 0 unspecified atom stereocenters. The second kappa shape index (κ2) is 10.8. The minimum atomic E-state index is -0.804. The Bertz CT molecular complexity index is 743. The van der Waals surface area contributed by atoms with Crippen molar-refractivity contribution in [3.63, 3.8) is 0 Å². The Labute approximate surface area is 186 Å². The lowest BCUT2D eigenvalue weighted by Gasteiger charge is -2.44. The Morgan fingerprint density at radius 1 is 1.20 bits per heavy atom. The molecule has 0 spiro atoms. The minimum Gasteiger partial charge on any atom is -0.389 e. The number of nitrogens with zero attached hydrogens (tertiary/aromatic N) is 1. The van der Waals surface area contributed by atoms with Crippen molar-refractivity contribution in [3.05, 3.63) is 33.8 Å². The summed E-state index contributed by atoms with van der Waals surface area (Å²) < 4.78 is 11.8. The summed E-state index contributed by atoms with van der Waals surface area (Å²) in [6.45, 7) is 3.11. The van der Waals surface area contributed by atoms with Crippen LogP contribution in [0.5, 0.6) is 0 Å². The van der Waals surface area contributed by atoms with Gasteiger partial charge in [-0.05, 0) is 37.5 Å². The number of ether oxygens (including phenoxy) is 2. The number of β-amino-alcohol motifs (C(OH)–C–C–N with tert-alkyl or cyclic N) is 1. The number of hydrogen-bond acceptors (Lipinski definition) is 5. The standard InChI is InChI=1S/C21H28Cl2N2O5/c1-2-5-24-20(27)9-17-3-4-18-19(30-17)12-29-11-16(26)10-25(18)21(28)13-6-14(22)8-15(23)7-13/h6-8,16-19,26H,2-5,9-12H2,1H3,(H,24,27)/t16-,17-,18+,19-/m0/s1. The smallest absolute Gasteiger partial charge is 0.254 e. The fraction of sp³-hybridized carbons (Fsp3) is 0.619. The van der Waals surface area contributed by atoms with Crippen LogP contribution in [0.3, 0.4) is 0 Å². The number of aliphatic hydroxyl groups excluding tert-OH is 1. The van der Waals surface area contributed by atoms with E-state index >= 15 is 0 Å². The Kier molecular flexibility index (Phi) is 8.36. The van der Waals surface area contributed by atoms with Crippen LogP contribution in [-0.2, 0) is 14.3 Å². The lowest BCUT2D eigenvalue weighted by Crippen LogP contribution is -2.57. The maximum absolute atomic E-state index is 13.3. The summed E-state index contributed by atoms with van der Waals surface area (Å²) in [5, 5.41) is 13.9. The number of fused-ring (bicyclic) bond motifs is 1. The van der Waals surface area contributed by atoms with Crippen LogP contribution in [0.25, 0.3) is 0 Å². The van der Waals surface area contributed by atoms with Gasteiger partial charge in [0.25, 0.3) is 5.91 Å². The van der Waals surface area contributed by atoms with Crippen molar-refractivity contribution < 1.29 is 24.2 Å². The predicted octanol–water partition coefficient (Wildman–Crippen LogP) is 2.66. The molecule has 1 aromatic carbocycles. The van der Waals surface area contributed by atoms with Crippen molar-refractivity contribution >= 4 is 35.0 Å². The maximum Gasteiger partial charge on any atom is 0.254 e. The summed E-state index contributed by atoms with van der Waals surface area (Å²) in [4.78, 5) is 27.0. The van der Waals surface area contributed by atoms with Gasteiger partial charge in [-0.3, -0.25) is 9.59 Å². The van der Waals surface area contributed by atoms with E-state index in [0.717, 1.165) is 6.42 Å². The molecule has 2 fully saturated rings. The highest BCUT2D eigenvalue weighted by molar-refractivity contribution is 6.35. The van der Waals surface area contributed by atoms with Crippen LogP contribution in [-0.4, -0.2) is 72.5 Å². The molecule has 1 aromatic rings. The Morgan fingerprint density at radius 3 is 2.63 bits per heavy atom. The van der Waals surface area contributed by atoms with Crippen molar-refractivity contribution in [2.75, 3.05) is 26.3 Å². The quantitative estimate of drug-likeness (QED) is 0.707. The van der Waals surface area contributed by atoms with Gasteiger partial charge in [0.2, 0.25) is 5.91 Å². The third-order valence-corrected chi connectivity index (χ3v) is 5.77. The molecule has 0 bridgehead atoms. The maximum atomic E-state index is 13.3. The topological polar surface area (TPSA) is 88.1 Å². The van der Waals surface area contributed by atoms with Crippen LogP contribution in [0.15, 0.2) is 18.2 Å². The van der Waals surface area contributed by atoms with Crippen molar-refractivity contribution in [2.24, 2.45) is 0 Å². The second-order valence-corrected chi connectivity index (χ2v) is 8.68. The van der Waals surface area contributed by atoms with Gasteiger partial charge in [-0.1, -0.05) is 30.1 Å². The summed E-state index contributed by atoms with van der Waals surface area (Å²) in [6.07, 6.45) is 1.03. The van der Waals surface area contributed by atoms with Crippen LogP contribution in [0, 0.1) is 0 Å². The van der Waals surface area contributed by atoms with Crippen LogP contribution >= 0.6 is 23.2 Å². The second-order valence-electron chi connectivity index (χ2n) is 7.80. The van der Waals surface area contributed by atoms with Gasteiger partial charge in [-0.2, -0.15) is 0 Å². The summed E-state index contributed by atoms with van der Waals surface area (Å²) in [7, 11) is 0. The van der Waals surface area contributed by atoms with E-state index in [1.165, 1.54) is 0 Å². The highest BCUT2D eigenvalue weighted by atomic mass is 35.5. The van der Waals surface area contributed by atoms with Crippen LogP contribution in [0.1, 0.15) is 43.0 Å². The van der Waals surface area contributed by atoms with Gasteiger partial charge in [0.15, 0.2) is 0 Å². The molecular weight excluding hydrogens is 431 g/mol. The molecule has 30 heavy (non-hydrogen) atoms. The van der Waals surface area contributed by atoms with Gasteiger partial charge in [0.05, 0.1) is 37.9 Å². The SMILES string of the molecule is CCCNC(=O)C[C@@H]1CC[C@@H]2[C@H](COC[C@@H](O)CN2C(=O)c2cc(Cl)cc(Cl)c2)O1. The first-order chi connectivity index (χ1) is 14.4. The van der Waals surface area contributed by atoms with E-state index in [2.05, 4.69) is 5.32 Å². The number of carbonyl (C=O) groups is 2. The molecule has 2 N–H and O–H groups in total. The first-order valence-corrected chi connectivity index (χ1v) is 11.1. The Hall–Kier alpha value is -1.38. The van der Waals surface area contributed by atoms with E-state index in [0.29, 0.717) is 35.0 Å². The number of aliphatic hydroxyl groups is 1. The number of carbonyl (C=O) groups excluding carboxylic acids is 2.